The lowest BCUT2D eigenvalue weighted by molar-refractivity contribution is 0.0257. The molecule has 37 heavy (non-hydrogen) atoms. The van der Waals surface area contributed by atoms with Crippen LogP contribution in [0.4, 0.5) is 5.82 Å². The summed E-state index contributed by atoms with van der Waals surface area (Å²) in [5, 5.41) is 5.53. The van der Waals surface area contributed by atoms with Gasteiger partial charge in [0.15, 0.2) is 6.79 Å². The number of hydrogen-bond acceptors (Lipinski definition) is 9. The van der Waals surface area contributed by atoms with Crippen LogP contribution in [0.15, 0.2) is 40.0 Å². The molecular weight excluding hydrogens is 560 g/mol. The van der Waals surface area contributed by atoms with Gasteiger partial charge in [-0.05, 0) is 42.0 Å². The molecule has 2 aromatic carbocycles. The molecule has 2 bridgehead atoms. The molecule has 1 N–H and O–H groups in total. The molecular formula is C26H29BrN4O5S. The smallest absolute Gasteiger partial charge is 0.249 e. The number of anilines is 1. The van der Waals surface area contributed by atoms with E-state index in [9.17, 15) is 8.42 Å². The van der Waals surface area contributed by atoms with Crippen molar-refractivity contribution in [1.82, 2.24) is 15.3 Å². The van der Waals surface area contributed by atoms with Crippen molar-refractivity contribution in [3.05, 3.63) is 51.6 Å². The van der Waals surface area contributed by atoms with Gasteiger partial charge in [-0.15, -0.1) is 0 Å². The van der Waals surface area contributed by atoms with Crippen molar-refractivity contribution in [2.75, 3.05) is 38.1 Å². The highest BCUT2D eigenvalue weighted by atomic mass is 79.9. The van der Waals surface area contributed by atoms with Gasteiger partial charge in [-0.3, -0.25) is 0 Å². The number of aromatic nitrogens is 2. The Morgan fingerprint density at radius 3 is 2.70 bits per heavy atom. The molecule has 3 unspecified atom stereocenters. The first-order valence-electron chi connectivity index (χ1n) is 12.4. The van der Waals surface area contributed by atoms with E-state index in [1.165, 1.54) is 0 Å². The molecule has 11 heteroatoms. The van der Waals surface area contributed by atoms with Gasteiger partial charge in [-0.1, -0.05) is 28.1 Å². The van der Waals surface area contributed by atoms with Crippen LogP contribution >= 0.6 is 15.9 Å². The zero-order valence-electron chi connectivity index (χ0n) is 20.7. The van der Waals surface area contributed by atoms with Gasteiger partial charge in [0.05, 0.1) is 18.4 Å². The number of piperazine rings is 1. The van der Waals surface area contributed by atoms with E-state index in [1.807, 2.05) is 30.3 Å². The molecule has 196 valence electrons. The summed E-state index contributed by atoms with van der Waals surface area (Å²) in [6.45, 7) is 2.02. The highest BCUT2D eigenvalue weighted by Gasteiger charge is 2.36. The van der Waals surface area contributed by atoms with E-state index in [-0.39, 0.29) is 18.1 Å². The standard InChI is InChI=1S/C26H29BrN4O5S/c1-34-14-36-18-8-15-4-3-5-21(27)24(15)19(9-18)23-10-22-20(13-35-23)25(30-26(29-22)37(2,32)33)31-11-16-6-7-17(12-31)28-16/h3-5,8-9,16-17,23,28H,6-7,10-14H2,1-2H3. The SMILES string of the molecule is COCOc1cc(C2Cc3nc(S(C)(=O)=O)nc(N4CC5CCC(C4)N5)c3CO2)c2c(Br)cccc2c1. The Morgan fingerprint density at radius 2 is 1.97 bits per heavy atom. The number of halogens is 1. The minimum absolute atomic E-state index is 0.129. The van der Waals surface area contributed by atoms with Gasteiger partial charge in [-0.2, -0.15) is 0 Å². The number of benzene rings is 2. The van der Waals surface area contributed by atoms with Gasteiger partial charge in [0.1, 0.15) is 11.6 Å². The van der Waals surface area contributed by atoms with E-state index >= 15 is 0 Å². The molecule has 3 atom stereocenters. The van der Waals surface area contributed by atoms with Crippen LogP contribution in [0.3, 0.4) is 0 Å². The Labute approximate surface area is 224 Å². The molecule has 0 aliphatic carbocycles. The van der Waals surface area contributed by atoms with Crippen molar-refractivity contribution in [3.8, 4) is 5.75 Å². The summed E-state index contributed by atoms with van der Waals surface area (Å²) < 4.78 is 43.5. The highest BCUT2D eigenvalue weighted by molar-refractivity contribution is 9.10. The van der Waals surface area contributed by atoms with E-state index in [0.29, 0.717) is 36.7 Å². The number of ether oxygens (including phenoxy) is 3. The maximum Gasteiger partial charge on any atom is 0.249 e. The summed E-state index contributed by atoms with van der Waals surface area (Å²) in [4.78, 5) is 11.3. The highest BCUT2D eigenvalue weighted by Crippen LogP contribution is 2.41. The van der Waals surface area contributed by atoms with Crippen molar-refractivity contribution in [2.45, 2.75) is 49.2 Å². The summed E-state index contributed by atoms with van der Waals surface area (Å²) in [6, 6.07) is 10.7. The number of methoxy groups -OCH3 is 1. The Hall–Kier alpha value is -2.31. The average Bonchev–Trinajstić information content (AvgIpc) is 3.22. The second kappa shape index (κ2) is 9.77. The van der Waals surface area contributed by atoms with Crippen molar-refractivity contribution in [2.24, 2.45) is 0 Å². The fourth-order valence-electron chi connectivity index (χ4n) is 5.68. The normalized spacial score (nSPS) is 23.3. The van der Waals surface area contributed by atoms with Gasteiger partial charge in [0, 0.05) is 60.4 Å². The molecule has 3 aliphatic rings. The van der Waals surface area contributed by atoms with E-state index in [1.54, 1.807) is 7.11 Å². The monoisotopic (exact) mass is 588 g/mol. The Kier molecular flexibility index (Phi) is 6.60. The molecule has 9 nitrogen and oxygen atoms in total. The maximum absolute atomic E-state index is 12.6. The topological polar surface area (TPSA) is 103 Å². The van der Waals surface area contributed by atoms with Crippen molar-refractivity contribution in [3.63, 3.8) is 0 Å². The van der Waals surface area contributed by atoms with Gasteiger partial charge in [0.25, 0.3) is 0 Å². The number of hydrogen-bond donors (Lipinski definition) is 1. The van der Waals surface area contributed by atoms with Crippen molar-refractivity contribution in [1.29, 1.82) is 0 Å². The van der Waals surface area contributed by atoms with Crippen LogP contribution in [-0.4, -0.2) is 63.7 Å². The molecule has 0 spiro atoms. The third kappa shape index (κ3) is 4.83. The molecule has 0 radical (unpaired) electrons. The molecule has 0 amide bonds. The number of rotatable bonds is 6. The fraction of sp³-hybridized carbons (Fsp3) is 0.462. The summed E-state index contributed by atoms with van der Waals surface area (Å²) in [5.74, 6) is 1.36. The molecule has 1 aromatic heterocycles. The number of sulfone groups is 1. The first-order valence-corrected chi connectivity index (χ1v) is 15.0. The molecule has 6 rings (SSSR count). The Balaban J connectivity index is 1.42. The number of fused-ring (bicyclic) bond motifs is 4. The lowest BCUT2D eigenvalue weighted by Crippen LogP contribution is -2.52. The number of nitrogens with zero attached hydrogens (tertiary/aromatic N) is 3. The molecule has 3 aliphatic heterocycles. The molecule has 4 heterocycles. The quantitative estimate of drug-likeness (QED) is 0.342. The van der Waals surface area contributed by atoms with Gasteiger partial charge in [-0.25, -0.2) is 18.4 Å². The number of nitrogens with one attached hydrogen (secondary N) is 1. The van der Waals surface area contributed by atoms with Gasteiger partial charge in [0.2, 0.25) is 15.0 Å². The van der Waals surface area contributed by atoms with Crippen molar-refractivity contribution < 1.29 is 22.6 Å². The van der Waals surface area contributed by atoms with Crippen LogP contribution in [0.1, 0.15) is 35.8 Å². The van der Waals surface area contributed by atoms with E-state index in [4.69, 9.17) is 14.2 Å². The summed E-state index contributed by atoms with van der Waals surface area (Å²) in [5.41, 5.74) is 2.54. The molecule has 0 saturated carbocycles. The van der Waals surface area contributed by atoms with Crippen LogP contribution in [0.25, 0.3) is 10.8 Å². The second-order valence-corrected chi connectivity index (χ2v) is 12.7. The van der Waals surface area contributed by atoms with Crippen LogP contribution in [-0.2, 0) is 32.3 Å². The average molecular weight is 590 g/mol. The minimum Gasteiger partial charge on any atom is -0.468 e. The Morgan fingerprint density at radius 1 is 1.19 bits per heavy atom. The van der Waals surface area contributed by atoms with Crippen LogP contribution in [0.5, 0.6) is 5.75 Å². The third-order valence-corrected chi connectivity index (χ3v) is 8.83. The maximum atomic E-state index is 12.6. The molecule has 2 fully saturated rings. The summed E-state index contributed by atoms with van der Waals surface area (Å²) in [7, 11) is -2.01. The Bertz CT molecular complexity index is 1460. The van der Waals surface area contributed by atoms with Crippen LogP contribution in [0, 0.1) is 0 Å². The van der Waals surface area contributed by atoms with Crippen LogP contribution < -0.4 is 15.0 Å². The summed E-state index contributed by atoms with van der Waals surface area (Å²) >= 11 is 3.70. The minimum atomic E-state index is -3.60. The third-order valence-electron chi connectivity index (χ3n) is 7.33. The van der Waals surface area contributed by atoms with E-state index in [2.05, 4.69) is 36.1 Å². The van der Waals surface area contributed by atoms with E-state index < -0.39 is 9.84 Å². The lowest BCUT2D eigenvalue weighted by atomic mass is 9.94. The zero-order valence-corrected chi connectivity index (χ0v) is 23.1. The molecule has 3 aromatic rings. The predicted octanol–water partition coefficient (Wildman–Crippen LogP) is 3.53. The van der Waals surface area contributed by atoms with Gasteiger partial charge < -0.3 is 24.4 Å². The van der Waals surface area contributed by atoms with Crippen LogP contribution in [0.2, 0.25) is 0 Å². The zero-order chi connectivity index (χ0) is 25.7. The first-order chi connectivity index (χ1) is 17.8. The van der Waals surface area contributed by atoms with E-state index in [0.717, 1.165) is 64.3 Å². The second-order valence-electron chi connectivity index (χ2n) is 9.98. The predicted molar refractivity (Wildman–Crippen MR) is 143 cm³/mol. The van der Waals surface area contributed by atoms with Crippen molar-refractivity contribution >= 4 is 42.4 Å². The fourth-order valence-corrected chi connectivity index (χ4v) is 6.82. The molecule has 2 saturated heterocycles. The summed E-state index contributed by atoms with van der Waals surface area (Å²) in [6.07, 6.45) is 3.49. The lowest BCUT2D eigenvalue weighted by Gasteiger charge is -2.36. The first kappa shape index (κ1) is 25.0. The largest absolute Gasteiger partial charge is 0.468 e. The van der Waals surface area contributed by atoms with Gasteiger partial charge >= 0.3 is 0 Å².